The van der Waals surface area contributed by atoms with Crippen LogP contribution in [0.25, 0.3) is 11.3 Å². The molecule has 2 aromatic rings. The van der Waals surface area contributed by atoms with E-state index in [1.165, 1.54) is 0 Å². The van der Waals surface area contributed by atoms with E-state index in [2.05, 4.69) is 10.3 Å². The predicted molar refractivity (Wildman–Crippen MR) is 106 cm³/mol. The van der Waals surface area contributed by atoms with Gasteiger partial charge in [0.05, 0.1) is 11.2 Å². The first-order chi connectivity index (χ1) is 10.8. The molecule has 0 aliphatic heterocycles. The first-order valence-corrected chi connectivity index (χ1v) is 7.97. The van der Waals surface area contributed by atoms with E-state index < -0.39 is 5.54 Å². The van der Waals surface area contributed by atoms with Crippen molar-refractivity contribution >= 4 is 53.9 Å². The third-order valence-corrected chi connectivity index (χ3v) is 3.85. The van der Waals surface area contributed by atoms with Crippen LogP contribution < -0.4 is 11.1 Å². The van der Waals surface area contributed by atoms with Gasteiger partial charge in [0, 0.05) is 35.5 Å². The summed E-state index contributed by atoms with van der Waals surface area (Å²) in [7, 11) is 0. The molecule has 1 heterocycles. The Bertz CT molecular complexity index is 704. The number of carbonyl (C=O) groups is 1. The van der Waals surface area contributed by atoms with Gasteiger partial charge in [-0.1, -0.05) is 23.2 Å². The molecule has 0 bridgehead atoms. The Morgan fingerprint density at radius 3 is 2.60 bits per heavy atom. The number of aromatic nitrogens is 1. The summed E-state index contributed by atoms with van der Waals surface area (Å²) in [6.45, 7) is 4.12. The smallest absolute Gasteiger partial charge is 0.220 e. The topological polar surface area (TPSA) is 81.1 Å². The molecule has 0 radical (unpaired) electrons. The zero-order valence-electron chi connectivity index (χ0n) is 13.8. The van der Waals surface area contributed by atoms with Crippen molar-refractivity contribution in [3.8, 4) is 11.3 Å². The number of aryl methyl sites for hydroxylation is 1. The van der Waals surface area contributed by atoms with E-state index in [1.54, 1.807) is 24.4 Å². The van der Waals surface area contributed by atoms with E-state index >= 15 is 0 Å². The number of hydrogen-bond acceptors (Lipinski definition) is 4. The minimum absolute atomic E-state index is 0. The summed E-state index contributed by atoms with van der Waals surface area (Å²) in [5.41, 5.74) is 5.88. The fourth-order valence-corrected chi connectivity index (χ4v) is 2.45. The van der Waals surface area contributed by atoms with Crippen LogP contribution in [0.15, 0.2) is 28.8 Å². The van der Waals surface area contributed by atoms with Gasteiger partial charge in [0.15, 0.2) is 11.7 Å². The Hall–Kier alpha value is -0.980. The first kappa shape index (κ1) is 24.0. The van der Waals surface area contributed by atoms with E-state index in [4.69, 9.17) is 33.4 Å². The molecule has 0 spiro atoms. The number of benzene rings is 1. The highest BCUT2D eigenvalue weighted by atomic mass is 35.5. The van der Waals surface area contributed by atoms with Gasteiger partial charge >= 0.3 is 0 Å². The highest BCUT2D eigenvalue weighted by molar-refractivity contribution is 6.36. The second-order valence-corrected chi connectivity index (χ2v) is 6.72. The molecule has 0 saturated heterocycles. The van der Waals surface area contributed by atoms with Gasteiger partial charge in [-0.3, -0.25) is 4.79 Å². The molecule has 9 heteroatoms. The molecule has 2 rings (SSSR count). The fraction of sp³-hybridized carbons (Fsp3) is 0.375. The monoisotopic (exact) mass is 427 g/mol. The quantitative estimate of drug-likeness (QED) is 0.719. The van der Waals surface area contributed by atoms with Gasteiger partial charge in [0.25, 0.3) is 0 Å². The molecular weight excluding hydrogens is 408 g/mol. The van der Waals surface area contributed by atoms with Crippen molar-refractivity contribution in [1.29, 1.82) is 0 Å². The van der Waals surface area contributed by atoms with Crippen molar-refractivity contribution in [2.24, 2.45) is 5.73 Å². The zero-order chi connectivity index (χ0) is 17.0. The number of carbonyl (C=O) groups excluding carboxylic acids is 1. The summed E-state index contributed by atoms with van der Waals surface area (Å²) in [6.07, 6.45) is 2.27. The van der Waals surface area contributed by atoms with Crippen LogP contribution in [-0.2, 0) is 11.2 Å². The van der Waals surface area contributed by atoms with Gasteiger partial charge < -0.3 is 15.5 Å². The van der Waals surface area contributed by atoms with E-state index in [9.17, 15) is 4.79 Å². The lowest BCUT2D eigenvalue weighted by Gasteiger charge is -2.23. The van der Waals surface area contributed by atoms with Crippen LogP contribution in [0.2, 0.25) is 10.0 Å². The van der Waals surface area contributed by atoms with E-state index in [1.807, 2.05) is 13.8 Å². The first-order valence-electron chi connectivity index (χ1n) is 7.22. The van der Waals surface area contributed by atoms with Crippen LogP contribution in [0.1, 0.15) is 26.2 Å². The minimum Gasteiger partial charge on any atom is -0.441 e. The maximum atomic E-state index is 11.9. The molecule has 1 aromatic carbocycles. The van der Waals surface area contributed by atoms with Gasteiger partial charge in [-0.15, -0.1) is 24.8 Å². The van der Waals surface area contributed by atoms with Gasteiger partial charge in [0.1, 0.15) is 0 Å². The normalized spacial score (nSPS) is 10.6. The largest absolute Gasteiger partial charge is 0.441 e. The maximum Gasteiger partial charge on any atom is 0.220 e. The zero-order valence-corrected chi connectivity index (χ0v) is 17.0. The van der Waals surface area contributed by atoms with Gasteiger partial charge in [-0.25, -0.2) is 4.98 Å². The number of nitrogens with one attached hydrogen (secondary N) is 1. The van der Waals surface area contributed by atoms with Crippen molar-refractivity contribution < 1.29 is 9.21 Å². The van der Waals surface area contributed by atoms with E-state index in [0.29, 0.717) is 40.2 Å². The number of oxazole rings is 1. The summed E-state index contributed by atoms with van der Waals surface area (Å²) in [6, 6.07) is 5.14. The Balaban J connectivity index is 0.00000288. The SMILES string of the molecule is CC(C)(CN)NC(=O)CCc1ncc(-c2ccc(Cl)cc2Cl)o1.Cl.Cl. The third kappa shape index (κ3) is 7.04. The van der Waals surface area contributed by atoms with Crippen LogP contribution in [0.5, 0.6) is 0 Å². The van der Waals surface area contributed by atoms with Gasteiger partial charge in [-0.05, 0) is 32.0 Å². The number of nitrogens with two attached hydrogens (primary N) is 1. The summed E-state index contributed by atoms with van der Waals surface area (Å²) in [5.74, 6) is 0.931. The number of amides is 1. The molecule has 0 fully saturated rings. The van der Waals surface area contributed by atoms with Crippen LogP contribution in [0.3, 0.4) is 0 Å². The van der Waals surface area contributed by atoms with Crippen LogP contribution in [0.4, 0.5) is 0 Å². The van der Waals surface area contributed by atoms with Crippen LogP contribution in [-0.4, -0.2) is 23.0 Å². The van der Waals surface area contributed by atoms with Crippen molar-refractivity contribution in [1.82, 2.24) is 10.3 Å². The molecule has 1 amide bonds. The average molecular weight is 429 g/mol. The Morgan fingerprint density at radius 1 is 1.32 bits per heavy atom. The Morgan fingerprint density at radius 2 is 2.00 bits per heavy atom. The molecular formula is C16H21Cl4N3O2. The molecule has 0 aliphatic carbocycles. The summed E-state index contributed by atoms with van der Waals surface area (Å²) in [5, 5.41) is 3.90. The van der Waals surface area contributed by atoms with E-state index in [-0.39, 0.29) is 37.1 Å². The molecule has 3 N–H and O–H groups in total. The summed E-state index contributed by atoms with van der Waals surface area (Å²) in [4.78, 5) is 16.1. The molecule has 5 nitrogen and oxygen atoms in total. The summed E-state index contributed by atoms with van der Waals surface area (Å²) >= 11 is 12.0. The van der Waals surface area contributed by atoms with Crippen LogP contribution in [0, 0.1) is 0 Å². The second-order valence-electron chi connectivity index (χ2n) is 5.88. The molecule has 0 aliphatic rings. The molecule has 0 unspecified atom stereocenters. The lowest BCUT2D eigenvalue weighted by molar-refractivity contribution is -0.122. The summed E-state index contributed by atoms with van der Waals surface area (Å²) < 4.78 is 5.65. The standard InChI is InChI=1S/C16H19Cl2N3O2.2ClH/c1-16(2,9-19)21-14(22)5-6-15-20-8-13(23-15)11-4-3-10(17)7-12(11)18;;/h3-4,7-8H,5-6,9,19H2,1-2H3,(H,21,22);2*1H. The maximum absolute atomic E-state index is 11.9. The number of halogens is 4. The second kappa shape index (κ2) is 10.2. The fourth-order valence-electron chi connectivity index (χ4n) is 1.95. The van der Waals surface area contributed by atoms with Crippen LogP contribution >= 0.6 is 48.0 Å². The van der Waals surface area contributed by atoms with E-state index in [0.717, 1.165) is 0 Å². The molecule has 0 saturated carbocycles. The molecule has 1 aromatic heterocycles. The highest BCUT2D eigenvalue weighted by Gasteiger charge is 2.18. The Kier molecular flexibility index (Phi) is 9.84. The third-order valence-electron chi connectivity index (χ3n) is 3.30. The Labute approximate surface area is 169 Å². The van der Waals surface area contributed by atoms with Crippen molar-refractivity contribution in [2.45, 2.75) is 32.2 Å². The molecule has 25 heavy (non-hydrogen) atoms. The van der Waals surface area contributed by atoms with Crippen molar-refractivity contribution in [2.75, 3.05) is 6.54 Å². The number of hydrogen-bond donors (Lipinski definition) is 2. The number of rotatable bonds is 6. The number of nitrogens with zero attached hydrogens (tertiary/aromatic N) is 1. The average Bonchev–Trinajstić information content (AvgIpc) is 2.93. The molecule has 0 atom stereocenters. The van der Waals surface area contributed by atoms with Crippen molar-refractivity contribution in [3.63, 3.8) is 0 Å². The highest BCUT2D eigenvalue weighted by Crippen LogP contribution is 2.30. The predicted octanol–water partition coefficient (Wildman–Crippen LogP) is 4.28. The van der Waals surface area contributed by atoms with Gasteiger partial charge in [-0.2, -0.15) is 0 Å². The lowest BCUT2D eigenvalue weighted by atomic mass is 10.1. The lowest BCUT2D eigenvalue weighted by Crippen LogP contribution is -2.48. The molecule has 140 valence electrons. The van der Waals surface area contributed by atoms with Gasteiger partial charge in [0.2, 0.25) is 5.91 Å². The van der Waals surface area contributed by atoms with Crippen molar-refractivity contribution in [3.05, 3.63) is 40.3 Å². The minimum atomic E-state index is -0.421.